The van der Waals surface area contributed by atoms with Crippen LogP contribution in [0.4, 0.5) is 5.69 Å². The number of carbonyl (C=O) groups excluding carboxylic acids is 1. The molecule has 0 aromatic heterocycles. The van der Waals surface area contributed by atoms with E-state index in [0.29, 0.717) is 10.8 Å². The Morgan fingerprint density at radius 3 is 2.64 bits per heavy atom. The van der Waals surface area contributed by atoms with Gasteiger partial charge in [0.2, 0.25) is 0 Å². The molecule has 0 radical (unpaired) electrons. The first-order valence-corrected chi connectivity index (χ1v) is 7.71. The monoisotopic (exact) mass is 326 g/mol. The predicted octanol–water partition coefficient (Wildman–Crippen LogP) is 2.55. The molecule has 1 rings (SSSR count). The van der Waals surface area contributed by atoms with Gasteiger partial charge >= 0.3 is 5.97 Å². The second-order valence-corrected chi connectivity index (χ2v) is 6.18. The van der Waals surface area contributed by atoms with E-state index in [1.807, 2.05) is 0 Å². The summed E-state index contributed by atoms with van der Waals surface area (Å²) in [5.41, 5.74) is -0.0714. The average molecular weight is 326 g/mol. The van der Waals surface area contributed by atoms with E-state index in [-0.39, 0.29) is 11.3 Å². The molecule has 1 aromatic rings. The zero-order valence-corrected chi connectivity index (χ0v) is 13.2. The van der Waals surface area contributed by atoms with Crippen LogP contribution in [0.15, 0.2) is 23.1 Å². The van der Waals surface area contributed by atoms with Gasteiger partial charge in [0.15, 0.2) is 0 Å². The van der Waals surface area contributed by atoms with Gasteiger partial charge in [-0.25, -0.2) is 0 Å². The number of rotatable bonds is 8. The third kappa shape index (κ3) is 5.72. The van der Waals surface area contributed by atoms with E-state index < -0.39 is 23.3 Å². The second-order valence-electron chi connectivity index (χ2n) is 5.05. The summed E-state index contributed by atoms with van der Waals surface area (Å²) in [6.07, 6.45) is 0.933. The standard InChI is InChI=1S/C14H18N2O5S/c1-9(2)5-6-22-12-4-3-10(7-11(12)16(20)21)14(19)15-8-13(17)18/h3-4,7,9H,5-6,8H2,1-2H3,(H,15,19)(H,17,18). The van der Waals surface area contributed by atoms with Gasteiger partial charge in [-0.05, 0) is 30.2 Å². The number of aliphatic carboxylic acids is 1. The number of thioether (sulfide) groups is 1. The molecule has 0 fully saturated rings. The van der Waals surface area contributed by atoms with E-state index in [1.165, 1.54) is 30.0 Å². The molecule has 0 spiro atoms. The van der Waals surface area contributed by atoms with E-state index in [2.05, 4.69) is 19.2 Å². The first-order valence-electron chi connectivity index (χ1n) is 6.72. The number of nitrogens with one attached hydrogen (secondary N) is 1. The Morgan fingerprint density at radius 1 is 1.41 bits per heavy atom. The highest BCUT2D eigenvalue weighted by Crippen LogP contribution is 2.31. The van der Waals surface area contributed by atoms with Crippen LogP contribution in [0, 0.1) is 16.0 Å². The van der Waals surface area contributed by atoms with Crippen LogP contribution < -0.4 is 5.32 Å². The summed E-state index contributed by atoms with van der Waals surface area (Å²) in [7, 11) is 0. The minimum atomic E-state index is -1.18. The van der Waals surface area contributed by atoms with Crippen LogP contribution in [0.3, 0.4) is 0 Å². The Morgan fingerprint density at radius 2 is 2.09 bits per heavy atom. The summed E-state index contributed by atoms with van der Waals surface area (Å²) in [4.78, 5) is 33.2. The molecule has 1 amide bonds. The van der Waals surface area contributed by atoms with Gasteiger partial charge in [-0.15, -0.1) is 11.8 Å². The van der Waals surface area contributed by atoms with Crippen molar-refractivity contribution in [1.29, 1.82) is 0 Å². The minimum absolute atomic E-state index is 0.0705. The van der Waals surface area contributed by atoms with Crippen LogP contribution in [0.25, 0.3) is 0 Å². The molecule has 8 heteroatoms. The highest BCUT2D eigenvalue weighted by molar-refractivity contribution is 7.99. The van der Waals surface area contributed by atoms with E-state index in [1.54, 1.807) is 0 Å². The number of benzene rings is 1. The maximum Gasteiger partial charge on any atom is 0.322 e. The van der Waals surface area contributed by atoms with Crippen LogP contribution in [-0.2, 0) is 4.79 Å². The van der Waals surface area contributed by atoms with Crippen molar-refractivity contribution >= 4 is 29.3 Å². The summed E-state index contributed by atoms with van der Waals surface area (Å²) in [6, 6.07) is 4.16. The lowest BCUT2D eigenvalue weighted by atomic mass is 10.2. The Kier molecular flexibility index (Phi) is 6.84. The van der Waals surface area contributed by atoms with E-state index >= 15 is 0 Å². The van der Waals surface area contributed by atoms with Crippen molar-refractivity contribution in [3.63, 3.8) is 0 Å². The zero-order valence-electron chi connectivity index (χ0n) is 12.4. The lowest BCUT2D eigenvalue weighted by Gasteiger charge is -2.07. The first-order chi connectivity index (χ1) is 10.3. The van der Waals surface area contributed by atoms with Crippen LogP contribution in [0.2, 0.25) is 0 Å². The van der Waals surface area contributed by atoms with Crippen molar-refractivity contribution in [2.75, 3.05) is 12.3 Å². The summed E-state index contributed by atoms with van der Waals surface area (Å²) in [6.45, 7) is 3.62. The van der Waals surface area contributed by atoms with Crippen molar-refractivity contribution in [3.8, 4) is 0 Å². The number of hydrogen-bond acceptors (Lipinski definition) is 5. The highest BCUT2D eigenvalue weighted by atomic mass is 32.2. The van der Waals surface area contributed by atoms with E-state index in [4.69, 9.17) is 5.11 Å². The summed E-state index contributed by atoms with van der Waals surface area (Å²) in [5, 5.41) is 21.8. The third-order valence-electron chi connectivity index (χ3n) is 2.77. The normalized spacial score (nSPS) is 10.5. The van der Waals surface area contributed by atoms with Gasteiger partial charge in [0.05, 0.1) is 9.82 Å². The topological polar surface area (TPSA) is 110 Å². The van der Waals surface area contributed by atoms with Crippen LogP contribution in [0.1, 0.15) is 30.6 Å². The van der Waals surface area contributed by atoms with Crippen LogP contribution in [0.5, 0.6) is 0 Å². The molecule has 0 saturated heterocycles. The van der Waals surface area contributed by atoms with Crippen molar-refractivity contribution < 1.29 is 19.6 Å². The van der Waals surface area contributed by atoms with Crippen molar-refractivity contribution in [2.24, 2.45) is 5.92 Å². The smallest absolute Gasteiger partial charge is 0.322 e. The molecule has 0 saturated carbocycles. The largest absolute Gasteiger partial charge is 0.480 e. The van der Waals surface area contributed by atoms with Crippen LogP contribution in [-0.4, -0.2) is 34.2 Å². The van der Waals surface area contributed by atoms with Gasteiger partial charge in [0, 0.05) is 11.6 Å². The van der Waals surface area contributed by atoms with Crippen molar-refractivity contribution in [2.45, 2.75) is 25.2 Å². The molecule has 7 nitrogen and oxygen atoms in total. The molecule has 0 aliphatic rings. The minimum Gasteiger partial charge on any atom is -0.480 e. The number of amides is 1. The molecule has 0 aliphatic heterocycles. The number of nitrogens with zero attached hydrogens (tertiary/aromatic N) is 1. The molecule has 0 unspecified atom stereocenters. The second kappa shape index (κ2) is 8.38. The summed E-state index contributed by atoms with van der Waals surface area (Å²) >= 11 is 1.37. The number of hydrogen-bond donors (Lipinski definition) is 2. The Bertz CT molecular complexity index is 574. The maximum absolute atomic E-state index is 11.7. The highest BCUT2D eigenvalue weighted by Gasteiger charge is 2.18. The van der Waals surface area contributed by atoms with Gasteiger partial charge in [0.25, 0.3) is 11.6 Å². The first kappa shape index (κ1) is 18.0. The SMILES string of the molecule is CC(C)CCSc1ccc(C(=O)NCC(=O)O)cc1[N+](=O)[O-]. The number of nitro benzene ring substituents is 1. The fourth-order valence-electron chi connectivity index (χ4n) is 1.59. The van der Waals surface area contributed by atoms with Gasteiger partial charge in [-0.2, -0.15) is 0 Å². The lowest BCUT2D eigenvalue weighted by molar-refractivity contribution is -0.387. The fourth-order valence-corrected chi connectivity index (χ4v) is 2.84. The molecule has 0 atom stereocenters. The molecule has 0 bridgehead atoms. The molecule has 0 heterocycles. The molecule has 1 aromatic carbocycles. The Hall–Kier alpha value is -2.09. The fraction of sp³-hybridized carbons (Fsp3) is 0.429. The Balaban J connectivity index is 2.87. The number of carboxylic acid groups (broad SMARTS) is 1. The van der Waals surface area contributed by atoms with Gasteiger partial charge in [-0.3, -0.25) is 19.7 Å². The van der Waals surface area contributed by atoms with Crippen molar-refractivity contribution in [3.05, 3.63) is 33.9 Å². The molecule has 22 heavy (non-hydrogen) atoms. The molecule has 2 N–H and O–H groups in total. The number of nitro groups is 1. The lowest BCUT2D eigenvalue weighted by Crippen LogP contribution is -2.29. The predicted molar refractivity (Wildman–Crippen MR) is 83.2 cm³/mol. The van der Waals surface area contributed by atoms with Gasteiger partial charge in [0.1, 0.15) is 6.54 Å². The molecular formula is C14H18N2O5S. The van der Waals surface area contributed by atoms with E-state index in [0.717, 1.165) is 12.2 Å². The van der Waals surface area contributed by atoms with Crippen molar-refractivity contribution in [1.82, 2.24) is 5.32 Å². The molecule has 0 aliphatic carbocycles. The van der Waals surface area contributed by atoms with Gasteiger partial charge in [-0.1, -0.05) is 13.8 Å². The maximum atomic E-state index is 11.7. The summed E-state index contributed by atoms with van der Waals surface area (Å²) < 4.78 is 0. The molecule has 120 valence electrons. The summed E-state index contributed by atoms with van der Waals surface area (Å²) in [5.74, 6) is -0.566. The average Bonchev–Trinajstić information content (AvgIpc) is 2.44. The van der Waals surface area contributed by atoms with E-state index in [9.17, 15) is 19.7 Å². The molecular weight excluding hydrogens is 308 g/mol. The Labute approximate surface area is 132 Å². The number of carbonyl (C=O) groups is 2. The number of carboxylic acids is 1. The third-order valence-corrected chi connectivity index (χ3v) is 3.87. The van der Waals surface area contributed by atoms with Crippen LogP contribution >= 0.6 is 11.8 Å². The van der Waals surface area contributed by atoms with Gasteiger partial charge < -0.3 is 10.4 Å². The zero-order chi connectivity index (χ0) is 16.7. The quantitative estimate of drug-likeness (QED) is 0.431.